The maximum Gasteiger partial charge on any atom is 0.198 e. The molecule has 0 amide bonds. The lowest BCUT2D eigenvalue weighted by atomic mass is 10.3. The molecule has 2 aromatic rings. The van der Waals surface area contributed by atoms with Gasteiger partial charge in [-0.05, 0) is 24.1 Å². The summed E-state index contributed by atoms with van der Waals surface area (Å²) in [7, 11) is 0. The number of anilines is 2. The molecule has 9 heteroatoms. The molecule has 4 nitrogen and oxygen atoms in total. The highest BCUT2D eigenvalue weighted by Crippen LogP contribution is 2.32. The number of benzene rings is 1. The molecule has 0 unspecified atom stereocenters. The Morgan fingerprint density at radius 3 is 2.74 bits per heavy atom. The molecule has 0 saturated carbocycles. The smallest absolute Gasteiger partial charge is 0.198 e. The van der Waals surface area contributed by atoms with E-state index in [0.717, 1.165) is 36.0 Å². The van der Waals surface area contributed by atoms with Crippen molar-refractivity contribution in [2.24, 2.45) is 0 Å². The van der Waals surface area contributed by atoms with Gasteiger partial charge in [0.1, 0.15) is 5.82 Å². The largest absolute Gasteiger partial charge is 0.382 e. The minimum atomic E-state index is -0.414. The maximum absolute atomic E-state index is 14.1. The number of nitrogens with zero attached hydrogens (tertiary/aromatic N) is 1. The highest BCUT2D eigenvalue weighted by atomic mass is 35.5. The van der Waals surface area contributed by atoms with Crippen LogP contribution in [0.2, 0.25) is 5.02 Å². The van der Waals surface area contributed by atoms with Crippen LogP contribution in [0.1, 0.15) is 13.8 Å². The zero-order valence-corrected chi connectivity index (χ0v) is 15.0. The molecule has 126 valence electrons. The first-order valence-electron chi connectivity index (χ1n) is 6.96. The summed E-state index contributed by atoms with van der Waals surface area (Å²) in [4.78, 5) is 4.12. The lowest BCUT2D eigenvalue weighted by Gasteiger charge is -2.12. The van der Waals surface area contributed by atoms with E-state index in [9.17, 15) is 8.78 Å². The van der Waals surface area contributed by atoms with Gasteiger partial charge >= 0.3 is 0 Å². The van der Waals surface area contributed by atoms with Gasteiger partial charge in [0.2, 0.25) is 0 Å². The predicted molar refractivity (Wildman–Crippen MR) is 94.6 cm³/mol. The lowest BCUT2D eigenvalue weighted by molar-refractivity contribution is 0.598. The maximum atomic E-state index is 14.1. The second kappa shape index (κ2) is 8.68. The molecule has 0 fully saturated rings. The summed E-state index contributed by atoms with van der Waals surface area (Å²) in [6.07, 6.45) is 1.11. The summed E-state index contributed by atoms with van der Waals surface area (Å²) in [5.74, 6) is -0.414. The molecule has 0 spiro atoms. The van der Waals surface area contributed by atoms with E-state index in [1.54, 1.807) is 0 Å². The molecule has 0 bridgehead atoms. The van der Waals surface area contributed by atoms with Crippen molar-refractivity contribution >= 4 is 45.7 Å². The monoisotopic (exact) mass is 378 g/mol. The lowest BCUT2D eigenvalue weighted by Crippen LogP contribution is -2.28. The van der Waals surface area contributed by atoms with Crippen molar-refractivity contribution in [1.29, 1.82) is 0 Å². The number of hydrogen-bond acceptors (Lipinski definition) is 6. The molecule has 3 N–H and O–H groups in total. The van der Waals surface area contributed by atoms with E-state index in [0.29, 0.717) is 33.3 Å². The van der Waals surface area contributed by atoms with E-state index in [1.165, 1.54) is 12.1 Å². The van der Waals surface area contributed by atoms with Gasteiger partial charge in [-0.1, -0.05) is 36.8 Å². The van der Waals surface area contributed by atoms with E-state index >= 15 is 0 Å². The Morgan fingerprint density at radius 1 is 1.30 bits per heavy atom. The van der Waals surface area contributed by atoms with Gasteiger partial charge in [-0.2, -0.15) is 4.39 Å². The molecule has 0 aliphatic rings. The summed E-state index contributed by atoms with van der Waals surface area (Å²) < 4.78 is 29.7. The molecule has 0 radical (unpaired) electrons. The van der Waals surface area contributed by atoms with Crippen molar-refractivity contribution in [2.75, 3.05) is 23.1 Å². The Bertz CT molecular complexity index is 652. The molecule has 0 aliphatic carbocycles. The minimum Gasteiger partial charge on any atom is -0.382 e. The Morgan fingerprint density at radius 2 is 2.09 bits per heavy atom. The molecule has 0 atom stereocenters. The molecule has 0 saturated heterocycles. The van der Waals surface area contributed by atoms with Crippen LogP contribution in [0.5, 0.6) is 0 Å². The predicted octanol–water partition coefficient (Wildman–Crippen LogP) is 4.60. The third-order valence-corrected chi connectivity index (χ3v) is 4.71. The zero-order chi connectivity index (χ0) is 16.8. The number of hydrogen-bond donors (Lipinski definition) is 3. The normalized spacial score (nSPS) is 11.0. The van der Waals surface area contributed by atoms with Crippen LogP contribution in [0.25, 0.3) is 0 Å². The number of thiazole rings is 1. The Labute approximate surface area is 147 Å². The van der Waals surface area contributed by atoms with Crippen LogP contribution in [0.4, 0.5) is 19.6 Å². The van der Waals surface area contributed by atoms with E-state index in [2.05, 4.69) is 34.2 Å². The van der Waals surface area contributed by atoms with E-state index in [1.807, 2.05) is 0 Å². The Hall–Kier alpha value is -1.09. The van der Waals surface area contributed by atoms with Crippen molar-refractivity contribution in [3.63, 3.8) is 0 Å². The first kappa shape index (κ1) is 18.3. The van der Waals surface area contributed by atoms with Crippen LogP contribution in [0.15, 0.2) is 23.2 Å². The summed E-state index contributed by atoms with van der Waals surface area (Å²) in [6, 6.07) is 3.27. The van der Waals surface area contributed by atoms with Gasteiger partial charge in [0.15, 0.2) is 10.3 Å². The highest BCUT2D eigenvalue weighted by molar-refractivity contribution is 8.00. The Balaban J connectivity index is 1.93. The molecule has 1 aromatic heterocycles. The zero-order valence-electron chi connectivity index (χ0n) is 12.6. The van der Waals surface area contributed by atoms with Gasteiger partial charge in [-0.3, -0.25) is 0 Å². The van der Waals surface area contributed by atoms with E-state index < -0.39 is 10.9 Å². The van der Waals surface area contributed by atoms with Gasteiger partial charge in [0, 0.05) is 19.1 Å². The van der Waals surface area contributed by atoms with Crippen molar-refractivity contribution in [3.05, 3.63) is 34.3 Å². The quantitative estimate of drug-likeness (QED) is 0.463. The van der Waals surface area contributed by atoms with E-state index in [4.69, 9.17) is 11.6 Å². The van der Waals surface area contributed by atoms with E-state index in [-0.39, 0.29) is 0 Å². The average molecular weight is 379 g/mol. The van der Waals surface area contributed by atoms with Crippen molar-refractivity contribution < 1.29 is 8.78 Å². The first-order valence-corrected chi connectivity index (χ1v) is 8.97. The molecule has 2 rings (SSSR count). The van der Waals surface area contributed by atoms with Crippen LogP contribution in [0.3, 0.4) is 0 Å². The summed E-state index contributed by atoms with van der Waals surface area (Å²) in [5.41, 5.74) is 0.541. The molecular formula is C14H17ClF2N4S2. The standard InChI is InChI=1S/C14H17ClF2N4S2/c1-8(2)18-3-4-19-11-6-10(16)12(5-9(11)15)23-21-14-20-7-13(17)22-14/h5-8,18-19H,3-4H2,1-2H3,(H,20,21). The van der Waals surface area contributed by atoms with Crippen molar-refractivity contribution in [1.82, 2.24) is 10.3 Å². The van der Waals surface area contributed by atoms with Crippen LogP contribution in [-0.2, 0) is 0 Å². The van der Waals surface area contributed by atoms with Gasteiger partial charge < -0.3 is 15.4 Å². The number of rotatable bonds is 8. The third-order valence-electron chi connectivity index (χ3n) is 2.74. The van der Waals surface area contributed by atoms with Crippen molar-refractivity contribution in [2.45, 2.75) is 24.8 Å². The van der Waals surface area contributed by atoms with Gasteiger partial charge in [-0.25, -0.2) is 9.37 Å². The molecule has 1 heterocycles. The second-order valence-electron chi connectivity index (χ2n) is 4.97. The first-order chi connectivity index (χ1) is 11.0. The highest BCUT2D eigenvalue weighted by Gasteiger charge is 2.10. The number of aromatic nitrogens is 1. The second-order valence-corrected chi connectivity index (χ2v) is 7.21. The van der Waals surface area contributed by atoms with Gasteiger partial charge in [0.05, 0.1) is 21.8 Å². The fraction of sp³-hybridized carbons (Fsp3) is 0.357. The Kier molecular flexibility index (Phi) is 6.88. The third kappa shape index (κ3) is 5.80. The fourth-order valence-electron chi connectivity index (χ4n) is 1.70. The topological polar surface area (TPSA) is 49.0 Å². The molecular weight excluding hydrogens is 362 g/mol. The average Bonchev–Trinajstić information content (AvgIpc) is 2.90. The minimum absolute atomic E-state index is 0.316. The number of nitrogens with one attached hydrogen (secondary N) is 3. The van der Waals surface area contributed by atoms with Crippen molar-refractivity contribution in [3.8, 4) is 0 Å². The van der Waals surface area contributed by atoms with Crippen LogP contribution >= 0.6 is 34.9 Å². The van der Waals surface area contributed by atoms with Gasteiger partial charge in [-0.15, -0.1) is 0 Å². The van der Waals surface area contributed by atoms with Crippen LogP contribution in [0, 0.1) is 10.9 Å². The molecule has 1 aromatic carbocycles. The molecule has 0 aliphatic heterocycles. The summed E-state index contributed by atoms with van der Waals surface area (Å²) >= 11 is 8.02. The number of halogens is 3. The fourth-order valence-corrected chi connectivity index (χ4v) is 3.27. The summed E-state index contributed by atoms with van der Waals surface area (Å²) in [6.45, 7) is 5.50. The van der Waals surface area contributed by atoms with Crippen LogP contribution < -0.4 is 15.4 Å². The van der Waals surface area contributed by atoms with Crippen LogP contribution in [-0.4, -0.2) is 24.1 Å². The summed E-state index contributed by atoms with van der Waals surface area (Å²) in [5, 5.41) is 6.73. The molecule has 23 heavy (non-hydrogen) atoms. The van der Waals surface area contributed by atoms with Gasteiger partial charge in [0.25, 0.3) is 0 Å². The SMILES string of the molecule is CC(C)NCCNc1cc(F)c(SNc2ncc(F)s2)cc1Cl.